The summed E-state index contributed by atoms with van der Waals surface area (Å²) in [4.78, 5) is 0. The number of nitrogens with one attached hydrogen (secondary N) is 1. The Morgan fingerprint density at radius 2 is 2.14 bits per heavy atom. The molecule has 1 atom stereocenters. The Labute approximate surface area is 85.8 Å². The first kappa shape index (κ1) is 11.9. The largest absolute Gasteiger partial charge is 0.329 e. The first-order valence-electron chi connectivity index (χ1n) is 4.95. The van der Waals surface area contributed by atoms with Crippen molar-refractivity contribution in [1.82, 2.24) is 9.03 Å². The first-order chi connectivity index (χ1) is 6.51. The Hall–Kier alpha value is -0.170. The van der Waals surface area contributed by atoms with E-state index in [1.165, 1.54) is 4.31 Å². The molecule has 3 N–H and O–H groups in total. The normalized spacial score (nSPS) is 20.0. The molecular weight excluding hydrogens is 202 g/mol. The van der Waals surface area contributed by atoms with Gasteiger partial charge in [-0.25, -0.2) is 0 Å². The third-order valence-electron chi connectivity index (χ3n) is 2.60. The van der Waals surface area contributed by atoms with Gasteiger partial charge in [0.05, 0.1) is 0 Å². The van der Waals surface area contributed by atoms with Gasteiger partial charge < -0.3 is 5.73 Å². The van der Waals surface area contributed by atoms with Crippen molar-refractivity contribution < 1.29 is 8.42 Å². The van der Waals surface area contributed by atoms with Crippen molar-refractivity contribution >= 4 is 10.2 Å². The van der Waals surface area contributed by atoms with Crippen LogP contribution in [0.5, 0.6) is 0 Å². The lowest BCUT2D eigenvalue weighted by atomic mass is 10.2. The van der Waals surface area contributed by atoms with E-state index in [0.717, 1.165) is 12.8 Å². The summed E-state index contributed by atoms with van der Waals surface area (Å²) >= 11 is 0. The molecule has 0 aromatic heterocycles. The second kappa shape index (κ2) is 4.57. The molecule has 1 aliphatic carbocycles. The molecule has 14 heavy (non-hydrogen) atoms. The third kappa shape index (κ3) is 2.91. The van der Waals surface area contributed by atoms with Gasteiger partial charge >= 0.3 is 0 Å². The predicted molar refractivity (Wildman–Crippen MR) is 55.9 cm³/mol. The van der Waals surface area contributed by atoms with Gasteiger partial charge in [-0.15, -0.1) is 0 Å². The Kier molecular flexibility index (Phi) is 3.88. The predicted octanol–water partition coefficient (Wildman–Crippen LogP) is -0.490. The van der Waals surface area contributed by atoms with Crippen LogP contribution in [0.25, 0.3) is 0 Å². The van der Waals surface area contributed by atoms with Crippen LogP contribution in [0, 0.1) is 5.92 Å². The number of hydrogen-bond donors (Lipinski definition) is 2. The molecule has 6 heteroatoms. The molecule has 0 saturated heterocycles. The highest BCUT2D eigenvalue weighted by atomic mass is 32.2. The zero-order valence-corrected chi connectivity index (χ0v) is 9.55. The van der Waals surface area contributed by atoms with Gasteiger partial charge in [0.25, 0.3) is 10.2 Å². The van der Waals surface area contributed by atoms with Gasteiger partial charge in [-0.3, -0.25) is 0 Å². The minimum Gasteiger partial charge on any atom is -0.329 e. The fourth-order valence-corrected chi connectivity index (χ4v) is 2.48. The van der Waals surface area contributed by atoms with Crippen molar-refractivity contribution in [2.45, 2.75) is 25.8 Å². The van der Waals surface area contributed by atoms with Crippen LogP contribution in [0.2, 0.25) is 0 Å². The molecular formula is C8H19N3O2S. The topological polar surface area (TPSA) is 75.4 Å². The average molecular weight is 221 g/mol. The van der Waals surface area contributed by atoms with E-state index in [0.29, 0.717) is 19.0 Å². The number of nitrogens with zero attached hydrogens (tertiary/aromatic N) is 1. The quantitative estimate of drug-likeness (QED) is 0.635. The van der Waals surface area contributed by atoms with Crippen molar-refractivity contribution in [1.29, 1.82) is 0 Å². The second-order valence-corrected chi connectivity index (χ2v) is 5.53. The SMILES string of the molecule is CCN(C)S(=O)(=O)N[C@H](CN)C1CC1. The van der Waals surface area contributed by atoms with Gasteiger partial charge in [0, 0.05) is 26.2 Å². The number of hydrogen-bond acceptors (Lipinski definition) is 3. The van der Waals surface area contributed by atoms with Crippen molar-refractivity contribution in [3.63, 3.8) is 0 Å². The molecule has 0 amide bonds. The van der Waals surface area contributed by atoms with Gasteiger partial charge in [-0.1, -0.05) is 6.92 Å². The molecule has 0 aliphatic heterocycles. The van der Waals surface area contributed by atoms with Gasteiger partial charge in [-0.05, 0) is 18.8 Å². The highest BCUT2D eigenvalue weighted by Crippen LogP contribution is 2.32. The fraction of sp³-hybridized carbons (Fsp3) is 1.00. The highest BCUT2D eigenvalue weighted by Gasteiger charge is 2.33. The van der Waals surface area contributed by atoms with E-state index >= 15 is 0 Å². The average Bonchev–Trinajstić information content (AvgIpc) is 2.96. The van der Waals surface area contributed by atoms with Crippen LogP contribution in [0.1, 0.15) is 19.8 Å². The zero-order valence-electron chi connectivity index (χ0n) is 8.73. The molecule has 0 unspecified atom stereocenters. The van der Waals surface area contributed by atoms with Crippen LogP contribution in [-0.2, 0) is 10.2 Å². The van der Waals surface area contributed by atoms with Gasteiger partial charge in [0.1, 0.15) is 0 Å². The summed E-state index contributed by atoms with van der Waals surface area (Å²) in [6, 6.07) is -0.0889. The summed E-state index contributed by atoms with van der Waals surface area (Å²) in [5, 5.41) is 0. The van der Waals surface area contributed by atoms with E-state index in [1.54, 1.807) is 14.0 Å². The lowest BCUT2D eigenvalue weighted by Gasteiger charge is -2.21. The molecule has 0 radical (unpaired) electrons. The summed E-state index contributed by atoms with van der Waals surface area (Å²) in [7, 11) is -1.77. The van der Waals surface area contributed by atoms with E-state index in [9.17, 15) is 8.42 Å². The van der Waals surface area contributed by atoms with Crippen LogP contribution >= 0.6 is 0 Å². The monoisotopic (exact) mass is 221 g/mol. The van der Waals surface area contributed by atoms with Crippen molar-refractivity contribution in [2.24, 2.45) is 11.7 Å². The molecule has 84 valence electrons. The maximum absolute atomic E-state index is 11.6. The van der Waals surface area contributed by atoms with E-state index in [4.69, 9.17) is 5.73 Å². The summed E-state index contributed by atoms with van der Waals surface area (Å²) in [5.74, 6) is 0.444. The Morgan fingerprint density at radius 1 is 1.57 bits per heavy atom. The maximum atomic E-state index is 11.6. The highest BCUT2D eigenvalue weighted by molar-refractivity contribution is 7.87. The summed E-state index contributed by atoms with van der Waals surface area (Å²) in [6.07, 6.45) is 2.17. The molecule has 0 aromatic carbocycles. The second-order valence-electron chi connectivity index (χ2n) is 3.72. The van der Waals surface area contributed by atoms with Gasteiger partial charge in [0.15, 0.2) is 0 Å². The zero-order chi connectivity index (χ0) is 10.8. The molecule has 0 aromatic rings. The van der Waals surface area contributed by atoms with Crippen LogP contribution in [-0.4, -0.2) is 38.9 Å². The summed E-state index contributed by atoms with van der Waals surface area (Å²) in [5.41, 5.74) is 5.52. The van der Waals surface area contributed by atoms with E-state index < -0.39 is 10.2 Å². The van der Waals surface area contributed by atoms with E-state index in [2.05, 4.69) is 4.72 Å². The Bertz CT molecular complexity index is 274. The van der Waals surface area contributed by atoms with Gasteiger partial charge in [-0.2, -0.15) is 17.4 Å². The minimum absolute atomic E-state index is 0.0889. The molecule has 0 bridgehead atoms. The first-order valence-corrected chi connectivity index (χ1v) is 6.39. The number of rotatable bonds is 6. The lowest BCUT2D eigenvalue weighted by Crippen LogP contribution is -2.47. The van der Waals surface area contributed by atoms with Crippen LogP contribution in [0.15, 0.2) is 0 Å². The standard InChI is InChI=1S/C8H19N3O2S/c1-3-11(2)14(12,13)10-8(6-9)7-4-5-7/h7-8,10H,3-6,9H2,1-2H3/t8-/m1/s1. The minimum atomic E-state index is -3.32. The molecule has 1 fully saturated rings. The van der Waals surface area contributed by atoms with Crippen LogP contribution in [0.3, 0.4) is 0 Å². The Morgan fingerprint density at radius 3 is 2.50 bits per heavy atom. The summed E-state index contributed by atoms with van der Waals surface area (Å²) < 4.78 is 27.2. The maximum Gasteiger partial charge on any atom is 0.279 e. The lowest BCUT2D eigenvalue weighted by molar-refractivity contribution is 0.448. The van der Waals surface area contributed by atoms with Crippen LogP contribution in [0.4, 0.5) is 0 Å². The van der Waals surface area contributed by atoms with Gasteiger partial charge in [0.2, 0.25) is 0 Å². The number of nitrogens with two attached hydrogens (primary N) is 1. The molecule has 1 rings (SSSR count). The molecule has 5 nitrogen and oxygen atoms in total. The van der Waals surface area contributed by atoms with Crippen molar-refractivity contribution in [2.75, 3.05) is 20.1 Å². The van der Waals surface area contributed by atoms with E-state index in [-0.39, 0.29) is 6.04 Å². The fourth-order valence-electron chi connectivity index (χ4n) is 1.29. The Balaban J connectivity index is 2.55. The third-order valence-corrected chi connectivity index (χ3v) is 4.28. The van der Waals surface area contributed by atoms with Crippen molar-refractivity contribution in [3.8, 4) is 0 Å². The summed E-state index contributed by atoms with van der Waals surface area (Å²) in [6.45, 7) is 2.65. The van der Waals surface area contributed by atoms with E-state index in [1.807, 2.05) is 0 Å². The molecule has 1 saturated carbocycles. The smallest absolute Gasteiger partial charge is 0.279 e. The molecule has 0 heterocycles. The van der Waals surface area contributed by atoms with Crippen LogP contribution < -0.4 is 10.5 Å². The van der Waals surface area contributed by atoms with Crippen molar-refractivity contribution in [3.05, 3.63) is 0 Å². The molecule has 1 aliphatic rings. The molecule has 0 spiro atoms.